The van der Waals surface area contributed by atoms with E-state index in [1.807, 2.05) is 32.0 Å². The molecule has 0 fully saturated rings. The van der Waals surface area contributed by atoms with E-state index >= 15 is 0 Å². The first kappa shape index (κ1) is 16.9. The highest BCUT2D eigenvalue weighted by atomic mass is 32.2. The van der Waals surface area contributed by atoms with Crippen molar-refractivity contribution in [3.05, 3.63) is 29.8 Å². The van der Waals surface area contributed by atoms with Crippen molar-refractivity contribution in [2.45, 2.75) is 46.2 Å². The van der Waals surface area contributed by atoms with E-state index in [9.17, 15) is 8.42 Å². The van der Waals surface area contributed by atoms with Gasteiger partial charge in [0, 0.05) is 11.6 Å². The topological polar surface area (TPSA) is 70.2 Å². The SMILES string of the molecule is CCNC(C)c1cccc(NS(=O)(=O)NC(C)(C)C)c1. The van der Waals surface area contributed by atoms with E-state index in [2.05, 4.69) is 14.8 Å². The van der Waals surface area contributed by atoms with Crippen LogP contribution in [0, 0.1) is 0 Å². The molecule has 0 aliphatic rings. The van der Waals surface area contributed by atoms with E-state index in [4.69, 9.17) is 0 Å². The molecule has 20 heavy (non-hydrogen) atoms. The number of hydrogen-bond donors (Lipinski definition) is 3. The summed E-state index contributed by atoms with van der Waals surface area (Å²) < 4.78 is 29.1. The minimum atomic E-state index is -3.57. The Hall–Kier alpha value is -1.11. The van der Waals surface area contributed by atoms with Crippen molar-refractivity contribution in [2.75, 3.05) is 11.3 Å². The van der Waals surface area contributed by atoms with Crippen LogP contribution in [0.2, 0.25) is 0 Å². The zero-order valence-corrected chi connectivity index (χ0v) is 13.6. The summed E-state index contributed by atoms with van der Waals surface area (Å²) in [4.78, 5) is 0. The van der Waals surface area contributed by atoms with E-state index in [0.717, 1.165) is 12.1 Å². The van der Waals surface area contributed by atoms with Gasteiger partial charge in [-0.3, -0.25) is 4.72 Å². The average Bonchev–Trinajstić information content (AvgIpc) is 2.25. The first-order valence-electron chi connectivity index (χ1n) is 6.78. The lowest BCUT2D eigenvalue weighted by atomic mass is 10.1. The fourth-order valence-corrected chi connectivity index (χ4v) is 3.17. The Morgan fingerprint density at radius 1 is 1.25 bits per heavy atom. The third-order valence-corrected chi connectivity index (χ3v) is 3.98. The maximum Gasteiger partial charge on any atom is 0.299 e. The van der Waals surface area contributed by atoms with Crippen LogP contribution in [0.1, 0.15) is 46.2 Å². The van der Waals surface area contributed by atoms with Gasteiger partial charge in [-0.2, -0.15) is 13.1 Å². The number of rotatable bonds is 6. The summed E-state index contributed by atoms with van der Waals surface area (Å²) >= 11 is 0. The molecule has 0 saturated heterocycles. The van der Waals surface area contributed by atoms with Crippen LogP contribution in [-0.2, 0) is 10.2 Å². The van der Waals surface area contributed by atoms with Crippen LogP contribution in [0.3, 0.4) is 0 Å². The largest absolute Gasteiger partial charge is 0.310 e. The van der Waals surface area contributed by atoms with Crippen LogP contribution in [0.15, 0.2) is 24.3 Å². The van der Waals surface area contributed by atoms with Gasteiger partial charge in [-0.15, -0.1) is 0 Å². The lowest BCUT2D eigenvalue weighted by Crippen LogP contribution is -2.43. The molecule has 0 aromatic heterocycles. The lowest BCUT2D eigenvalue weighted by molar-refractivity contribution is 0.494. The summed E-state index contributed by atoms with van der Waals surface area (Å²) in [6.45, 7) is 10.4. The van der Waals surface area contributed by atoms with Crippen molar-refractivity contribution in [3.8, 4) is 0 Å². The summed E-state index contributed by atoms with van der Waals surface area (Å²) in [5.74, 6) is 0. The molecule has 0 radical (unpaired) electrons. The second-order valence-corrected chi connectivity index (χ2v) is 7.28. The third kappa shape index (κ3) is 5.90. The molecule has 1 aromatic carbocycles. The molecule has 0 aliphatic heterocycles. The predicted octanol–water partition coefficient (Wildman–Crippen LogP) is 2.40. The van der Waals surface area contributed by atoms with Crippen LogP contribution in [0.4, 0.5) is 5.69 Å². The van der Waals surface area contributed by atoms with Crippen LogP contribution in [-0.4, -0.2) is 20.5 Å². The molecule has 1 atom stereocenters. The Labute approximate surface area is 122 Å². The van der Waals surface area contributed by atoms with Crippen molar-refractivity contribution in [3.63, 3.8) is 0 Å². The fraction of sp³-hybridized carbons (Fsp3) is 0.571. The lowest BCUT2D eigenvalue weighted by Gasteiger charge is -2.21. The van der Waals surface area contributed by atoms with E-state index in [-0.39, 0.29) is 6.04 Å². The first-order chi connectivity index (χ1) is 9.13. The van der Waals surface area contributed by atoms with Gasteiger partial charge in [0.25, 0.3) is 10.2 Å². The number of hydrogen-bond acceptors (Lipinski definition) is 3. The van der Waals surface area contributed by atoms with Gasteiger partial charge in [-0.1, -0.05) is 19.1 Å². The van der Waals surface area contributed by atoms with Crippen molar-refractivity contribution in [1.29, 1.82) is 0 Å². The van der Waals surface area contributed by atoms with Crippen molar-refractivity contribution in [1.82, 2.24) is 10.0 Å². The molecule has 5 nitrogen and oxygen atoms in total. The maximum atomic E-state index is 12.0. The molecule has 1 unspecified atom stereocenters. The van der Waals surface area contributed by atoms with E-state index < -0.39 is 15.7 Å². The molecular weight excluding hydrogens is 274 g/mol. The second kappa shape index (κ2) is 6.56. The molecule has 0 spiro atoms. The average molecular weight is 299 g/mol. The van der Waals surface area contributed by atoms with E-state index in [1.165, 1.54) is 0 Å². The van der Waals surface area contributed by atoms with E-state index in [1.54, 1.807) is 26.8 Å². The monoisotopic (exact) mass is 299 g/mol. The van der Waals surface area contributed by atoms with Gasteiger partial charge in [-0.05, 0) is 51.9 Å². The summed E-state index contributed by atoms with van der Waals surface area (Å²) in [6.07, 6.45) is 0. The molecule has 0 aliphatic carbocycles. The summed E-state index contributed by atoms with van der Waals surface area (Å²) in [5.41, 5.74) is 1.09. The number of benzene rings is 1. The van der Waals surface area contributed by atoms with Gasteiger partial charge in [0.2, 0.25) is 0 Å². The molecule has 6 heteroatoms. The number of nitrogens with one attached hydrogen (secondary N) is 3. The molecular formula is C14H25N3O2S. The van der Waals surface area contributed by atoms with Crippen LogP contribution >= 0.6 is 0 Å². The van der Waals surface area contributed by atoms with Gasteiger partial charge in [0.05, 0.1) is 5.69 Å². The Morgan fingerprint density at radius 2 is 1.90 bits per heavy atom. The molecule has 3 N–H and O–H groups in total. The van der Waals surface area contributed by atoms with Gasteiger partial charge >= 0.3 is 0 Å². The third-order valence-electron chi connectivity index (χ3n) is 2.59. The summed E-state index contributed by atoms with van der Waals surface area (Å²) in [6, 6.07) is 7.58. The van der Waals surface area contributed by atoms with Crippen LogP contribution in [0.25, 0.3) is 0 Å². The van der Waals surface area contributed by atoms with Gasteiger partial charge in [0.15, 0.2) is 0 Å². The summed E-state index contributed by atoms with van der Waals surface area (Å²) in [7, 11) is -3.57. The highest BCUT2D eigenvalue weighted by Gasteiger charge is 2.19. The first-order valence-corrected chi connectivity index (χ1v) is 8.26. The Kier molecular flexibility index (Phi) is 5.56. The maximum absolute atomic E-state index is 12.0. The highest BCUT2D eigenvalue weighted by molar-refractivity contribution is 7.90. The minimum Gasteiger partial charge on any atom is -0.310 e. The molecule has 1 rings (SSSR count). The normalized spacial score (nSPS) is 14.1. The second-order valence-electron chi connectivity index (χ2n) is 5.86. The molecule has 1 aromatic rings. The number of anilines is 1. The van der Waals surface area contributed by atoms with Crippen molar-refractivity contribution in [2.24, 2.45) is 0 Å². The van der Waals surface area contributed by atoms with Gasteiger partial charge in [0.1, 0.15) is 0 Å². The molecule has 0 heterocycles. The van der Waals surface area contributed by atoms with Crippen molar-refractivity contribution < 1.29 is 8.42 Å². The zero-order valence-electron chi connectivity index (χ0n) is 12.8. The minimum absolute atomic E-state index is 0.181. The van der Waals surface area contributed by atoms with Gasteiger partial charge < -0.3 is 5.32 Å². The highest BCUT2D eigenvalue weighted by Crippen LogP contribution is 2.18. The predicted molar refractivity (Wildman–Crippen MR) is 84.0 cm³/mol. The fourth-order valence-electron chi connectivity index (χ4n) is 1.88. The molecule has 0 amide bonds. The summed E-state index contributed by atoms with van der Waals surface area (Å²) in [5, 5.41) is 3.30. The van der Waals surface area contributed by atoms with Crippen LogP contribution in [0.5, 0.6) is 0 Å². The molecule has 0 bridgehead atoms. The Balaban J connectivity index is 2.86. The molecule has 114 valence electrons. The quantitative estimate of drug-likeness (QED) is 0.755. The molecule has 0 saturated carbocycles. The van der Waals surface area contributed by atoms with Gasteiger partial charge in [-0.25, -0.2) is 0 Å². The Bertz CT molecular complexity index is 536. The standard InChI is InChI=1S/C14H25N3O2S/c1-6-15-11(2)12-8-7-9-13(10-12)16-20(18,19)17-14(3,4)5/h7-11,15-17H,6H2,1-5H3. The van der Waals surface area contributed by atoms with Crippen LogP contribution < -0.4 is 14.8 Å². The zero-order chi connectivity index (χ0) is 15.4. The smallest absolute Gasteiger partial charge is 0.299 e. The van der Waals surface area contributed by atoms with E-state index in [0.29, 0.717) is 5.69 Å². The Morgan fingerprint density at radius 3 is 2.45 bits per heavy atom. The van der Waals surface area contributed by atoms with Crippen molar-refractivity contribution >= 4 is 15.9 Å².